The van der Waals surface area contributed by atoms with Crippen molar-refractivity contribution in [3.05, 3.63) is 33.1 Å². The molecule has 8 nitrogen and oxygen atoms in total. The minimum atomic E-state index is -3.49. The van der Waals surface area contributed by atoms with Crippen LogP contribution in [0.15, 0.2) is 21.9 Å². The number of likely N-dealkylation sites (tertiary alicyclic amines) is 1. The van der Waals surface area contributed by atoms with Crippen LogP contribution in [0.25, 0.3) is 0 Å². The molecule has 0 saturated carbocycles. The highest BCUT2D eigenvalue weighted by molar-refractivity contribution is 5.69. The summed E-state index contributed by atoms with van der Waals surface area (Å²) in [4.78, 5) is 37.9. The van der Waals surface area contributed by atoms with Gasteiger partial charge >= 0.3 is 11.8 Å². The number of carbonyl (C=O) groups is 1. The number of aliphatic hydroxyl groups excluding tert-OH is 1. The molecule has 2 N–H and O–H groups in total. The average Bonchev–Trinajstić information content (AvgIpc) is 2.68. The van der Waals surface area contributed by atoms with E-state index in [0.29, 0.717) is 9.47 Å². The number of nitrogens with zero attached hydrogens (tertiary/aromatic N) is 2. The molecular formula is C14H19F2N3O5. The summed E-state index contributed by atoms with van der Waals surface area (Å²) < 4.78 is 34.6. The monoisotopic (exact) mass is 347 g/mol. The fourth-order valence-corrected chi connectivity index (χ4v) is 2.59. The van der Waals surface area contributed by atoms with Gasteiger partial charge in [-0.15, -0.1) is 0 Å². The Morgan fingerprint density at radius 1 is 1.46 bits per heavy atom. The molecule has 1 saturated heterocycles. The minimum absolute atomic E-state index is 0.557. The molecule has 0 bridgehead atoms. The van der Waals surface area contributed by atoms with Gasteiger partial charge in [-0.3, -0.25) is 19.2 Å². The molecule has 0 spiro atoms. The maximum atomic E-state index is 14.4. The number of aromatic amines is 1. The predicted molar refractivity (Wildman–Crippen MR) is 78.9 cm³/mol. The number of rotatable bonds is 2. The van der Waals surface area contributed by atoms with Gasteiger partial charge in [-0.1, -0.05) is 0 Å². The molecule has 1 amide bonds. The van der Waals surface area contributed by atoms with Crippen LogP contribution in [-0.4, -0.2) is 49.8 Å². The van der Waals surface area contributed by atoms with Gasteiger partial charge in [-0.2, -0.15) is 0 Å². The number of aliphatic hydroxyl groups is 1. The molecule has 1 aromatic rings. The molecule has 1 aliphatic rings. The van der Waals surface area contributed by atoms with Crippen molar-refractivity contribution in [1.82, 2.24) is 14.5 Å². The van der Waals surface area contributed by atoms with Crippen molar-refractivity contribution >= 4 is 6.09 Å². The van der Waals surface area contributed by atoms with Crippen molar-refractivity contribution in [3.63, 3.8) is 0 Å². The number of halogens is 2. The molecule has 2 rings (SSSR count). The zero-order valence-corrected chi connectivity index (χ0v) is 13.5. The Bertz CT molecular complexity index is 737. The van der Waals surface area contributed by atoms with Crippen molar-refractivity contribution in [2.45, 2.75) is 50.9 Å². The number of H-pyrrole nitrogens is 1. The molecule has 10 heteroatoms. The van der Waals surface area contributed by atoms with Gasteiger partial charge in [0, 0.05) is 18.7 Å². The van der Waals surface area contributed by atoms with E-state index < -0.39 is 54.1 Å². The van der Waals surface area contributed by atoms with E-state index in [-0.39, 0.29) is 0 Å². The normalized spacial score (nSPS) is 23.3. The average molecular weight is 347 g/mol. The lowest BCUT2D eigenvalue weighted by atomic mass is 10.2. The highest BCUT2D eigenvalue weighted by Gasteiger charge is 2.58. The molecule has 0 aromatic carbocycles. The fraction of sp³-hybridized carbons (Fsp3) is 0.643. The van der Waals surface area contributed by atoms with Crippen LogP contribution < -0.4 is 11.2 Å². The lowest BCUT2D eigenvalue weighted by Crippen LogP contribution is -2.49. The summed E-state index contributed by atoms with van der Waals surface area (Å²) in [7, 11) is 0. The molecule has 1 aliphatic heterocycles. The standard InChI is InChI=1S/C14H19F2N3O5/c1-13(2,3)24-12(23)19-8(7-20)6-14(15,16)10(19)18-5-4-9(21)17-11(18)22/h4-5,8,10,20H,6-7H2,1-3H3,(H,17,21,22)/t8-,10+/m0/s1. The first-order chi connectivity index (χ1) is 11.0. The smallest absolute Gasteiger partial charge is 0.412 e. The number of amides is 1. The molecule has 0 unspecified atom stereocenters. The number of hydrogen-bond donors (Lipinski definition) is 2. The summed E-state index contributed by atoms with van der Waals surface area (Å²) in [5, 5.41) is 9.37. The van der Waals surface area contributed by atoms with Gasteiger partial charge in [0.1, 0.15) is 5.60 Å². The van der Waals surface area contributed by atoms with E-state index in [1.54, 1.807) is 20.8 Å². The molecule has 2 atom stereocenters. The SMILES string of the molecule is CC(C)(C)OC(=O)N1[C@H](CO)CC(F)(F)[C@@H]1n1ccc(=O)[nH]c1=O. The Morgan fingerprint density at radius 3 is 2.58 bits per heavy atom. The van der Waals surface area contributed by atoms with E-state index in [2.05, 4.69) is 0 Å². The van der Waals surface area contributed by atoms with Crippen molar-refractivity contribution in [1.29, 1.82) is 0 Å². The first kappa shape index (κ1) is 18.1. The number of alkyl halides is 2. The highest BCUT2D eigenvalue weighted by Crippen LogP contribution is 2.44. The maximum Gasteiger partial charge on any atom is 0.412 e. The summed E-state index contributed by atoms with van der Waals surface area (Å²) in [5.41, 5.74) is -2.78. The number of ether oxygens (including phenoxy) is 1. The summed E-state index contributed by atoms with van der Waals surface area (Å²) in [6.07, 6.45) is -3.04. The van der Waals surface area contributed by atoms with Crippen LogP contribution in [-0.2, 0) is 4.74 Å². The van der Waals surface area contributed by atoms with Gasteiger partial charge in [0.15, 0.2) is 6.17 Å². The summed E-state index contributed by atoms with van der Waals surface area (Å²) in [6, 6.07) is -0.324. The number of aromatic nitrogens is 2. The summed E-state index contributed by atoms with van der Waals surface area (Å²) in [6.45, 7) is 3.97. The van der Waals surface area contributed by atoms with Crippen molar-refractivity contribution in [2.24, 2.45) is 0 Å². The van der Waals surface area contributed by atoms with Crippen LogP contribution in [0.3, 0.4) is 0 Å². The third-order valence-electron chi connectivity index (χ3n) is 3.47. The van der Waals surface area contributed by atoms with Crippen LogP contribution in [0, 0.1) is 0 Å². The van der Waals surface area contributed by atoms with Crippen LogP contribution >= 0.6 is 0 Å². The Morgan fingerprint density at radius 2 is 2.08 bits per heavy atom. The largest absolute Gasteiger partial charge is 0.444 e. The molecule has 1 fully saturated rings. The number of carbonyl (C=O) groups excluding carboxylic acids is 1. The zero-order valence-electron chi connectivity index (χ0n) is 13.5. The third kappa shape index (κ3) is 3.48. The fourth-order valence-electron chi connectivity index (χ4n) is 2.59. The lowest BCUT2D eigenvalue weighted by Gasteiger charge is -2.33. The minimum Gasteiger partial charge on any atom is -0.444 e. The molecule has 0 aliphatic carbocycles. The second kappa shape index (κ2) is 6.00. The molecule has 2 heterocycles. The molecular weight excluding hydrogens is 328 g/mol. The predicted octanol–water partition coefficient (Wildman–Crippen LogP) is 0.672. The van der Waals surface area contributed by atoms with Crippen molar-refractivity contribution in [3.8, 4) is 0 Å². The lowest BCUT2D eigenvalue weighted by molar-refractivity contribution is -0.0709. The van der Waals surface area contributed by atoms with Gasteiger partial charge < -0.3 is 9.84 Å². The third-order valence-corrected chi connectivity index (χ3v) is 3.47. The number of hydrogen-bond acceptors (Lipinski definition) is 5. The highest BCUT2D eigenvalue weighted by atomic mass is 19.3. The van der Waals surface area contributed by atoms with Gasteiger partial charge in [-0.05, 0) is 20.8 Å². The maximum absolute atomic E-state index is 14.4. The summed E-state index contributed by atoms with van der Waals surface area (Å²) in [5.74, 6) is -3.49. The molecule has 1 aromatic heterocycles. The van der Waals surface area contributed by atoms with E-state index in [9.17, 15) is 28.3 Å². The van der Waals surface area contributed by atoms with Gasteiger partial charge in [-0.25, -0.2) is 18.4 Å². The van der Waals surface area contributed by atoms with E-state index in [1.807, 2.05) is 4.98 Å². The van der Waals surface area contributed by atoms with Gasteiger partial charge in [0.2, 0.25) is 0 Å². The Hall–Kier alpha value is -2.23. The first-order valence-electron chi connectivity index (χ1n) is 7.28. The Balaban J connectivity index is 2.52. The van der Waals surface area contributed by atoms with Crippen LogP contribution in [0.4, 0.5) is 13.6 Å². The second-order valence-electron chi connectivity index (χ2n) is 6.58. The van der Waals surface area contributed by atoms with E-state index >= 15 is 0 Å². The quantitative estimate of drug-likeness (QED) is 0.818. The molecule has 0 radical (unpaired) electrons. The van der Waals surface area contributed by atoms with Crippen LogP contribution in [0.1, 0.15) is 33.4 Å². The molecule has 24 heavy (non-hydrogen) atoms. The van der Waals surface area contributed by atoms with E-state index in [1.165, 1.54) is 0 Å². The van der Waals surface area contributed by atoms with Gasteiger partial charge in [0.25, 0.3) is 11.5 Å². The second-order valence-corrected chi connectivity index (χ2v) is 6.58. The molecule has 134 valence electrons. The topological polar surface area (TPSA) is 105 Å². The number of nitrogens with one attached hydrogen (secondary N) is 1. The van der Waals surface area contributed by atoms with E-state index in [4.69, 9.17) is 4.74 Å². The van der Waals surface area contributed by atoms with E-state index in [0.717, 1.165) is 12.3 Å². The van der Waals surface area contributed by atoms with Crippen molar-refractivity contribution in [2.75, 3.05) is 6.61 Å². The van der Waals surface area contributed by atoms with Crippen LogP contribution in [0.5, 0.6) is 0 Å². The first-order valence-corrected chi connectivity index (χ1v) is 7.28. The Labute approximate surface area is 135 Å². The summed E-state index contributed by atoms with van der Waals surface area (Å²) >= 11 is 0. The van der Waals surface area contributed by atoms with Gasteiger partial charge in [0.05, 0.1) is 12.6 Å². The zero-order chi connectivity index (χ0) is 18.3. The van der Waals surface area contributed by atoms with Crippen LogP contribution in [0.2, 0.25) is 0 Å². The Kier molecular flexibility index (Phi) is 4.53. The van der Waals surface area contributed by atoms with Crippen molar-refractivity contribution < 1.29 is 23.4 Å².